The van der Waals surface area contributed by atoms with Crippen LogP contribution in [0, 0.1) is 11.8 Å². The maximum absolute atomic E-state index is 12.1. The van der Waals surface area contributed by atoms with Crippen LogP contribution in [0.1, 0.15) is 77.0 Å². The van der Waals surface area contributed by atoms with E-state index in [2.05, 4.69) is 5.32 Å². The van der Waals surface area contributed by atoms with Gasteiger partial charge in [0.15, 0.2) is 0 Å². The first-order valence-electron chi connectivity index (χ1n) is 8.69. The molecule has 2 fully saturated rings. The molecule has 2 N–H and O–H groups in total. The number of carbonyl (C=O) groups is 2. The first kappa shape index (κ1) is 16.3. The fourth-order valence-corrected chi connectivity index (χ4v) is 3.91. The van der Waals surface area contributed by atoms with Gasteiger partial charge in [-0.15, -0.1) is 0 Å². The van der Waals surface area contributed by atoms with Crippen LogP contribution in [0.2, 0.25) is 0 Å². The Labute approximate surface area is 127 Å². The van der Waals surface area contributed by atoms with Crippen LogP contribution in [0.5, 0.6) is 0 Å². The highest BCUT2D eigenvalue weighted by molar-refractivity contribution is 5.83. The number of nitrogens with one attached hydrogen (secondary N) is 1. The summed E-state index contributed by atoms with van der Waals surface area (Å²) >= 11 is 0. The van der Waals surface area contributed by atoms with Crippen LogP contribution in [0.15, 0.2) is 0 Å². The molecule has 0 bridgehead atoms. The van der Waals surface area contributed by atoms with Gasteiger partial charge in [-0.05, 0) is 31.1 Å². The first-order valence-corrected chi connectivity index (χ1v) is 8.69. The molecular formula is C17H29NO3. The fourth-order valence-electron chi connectivity index (χ4n) is 3.91. The van der Waals surface area contributed by atoms with Crippen molar-refractivity contribution in [3.05, 3.63) is 0 Å². The molecule has 2 aliphatic carbocycles. The van der Waals surface area contributed by atoms with Crippen LogP contribution in [-0.2, 0) is 9.59 Å². The number of carboxylic acid groups (broad SMARTS) is 1. The van der Waals surface area contributed by atoms with E-state index in [1.807, 2.05) is 0 Å². The van der Waals surface area contributed by atoms with Gasteiger partial charge in [0, 0.05) is 6.42 Å². The minimum Gasteiger partial charge on any atom is -0.480 e. The average molecular weight is 295 g/mol. The zero-order valence-electron chi connectivity index (χ0n) is 13.0. The number of carboxylic acids is 1. The normalized spacial score (nSPS) is 22.7. The average Bonchev–Trinajstić information content (AvgIpc) is 2.52. The molecule has 1 unspecified atom stereocenters. The Morgan fingerprint density at radius 2 is 1.52 bits per heavy atom. The summed E-state index contributed by atoms with van der Waals surface area (Å²) in [5.74, 6) is -0.149. The number of aliphatic carboxylic acids is 1. The number of carbonyl (C=O) groups excluding carboxylic acids is 1. The smallest absolute Gasteiger partial charge is 0.326 e. The van der Waals surface area contributed by atoms with Gasteiger partial charge in [0.05, 0.1) is 0 Å². The number of hydrogen-bond donors (Lipinski definition) is 2. The molecule has 4 heteroatoms. The standard InChI is InChI=1S/C17H29NO3/c19-15(12-11-13-7-3-1-4-8-13)18-16(17(20)21)14-9-5-2-6-10-14/h13-14,16H,1-12H2,(H,18,19)(H,20,21). The summed E-state index contributed by atoms with van der Waals surface area (Å²) in [4.78, 5) is 23.5. The zero-order chi connectivity index (χ0) is 15.1. The molecule has 0 spiro atoms. The molecule has 0 saturated heterocycles. The molecule has 1 atom stereocenters. The van der Waals surface area contributed by atoms with Gasteiger partial charge in [-0.1, -0.05) is 51.4 Å². The topological polar surface area (TPSA) is 66.4 Å². The molecule has 0 aromatic heterocycles. The van der Waals surface area contributed by atoms with Crippen molar-refractivity contribution in [1.29, 1.82) is 0 Å². The fraction of sp³-hybridized carbons (Fsp3) is 0.882. The van der Waals surface area contributed by atoms with Crippen LogP contribution in [-0.4, -0.2) is 23.0 Å². The second-order valence-electron chi connectivity index (χ2n) is 6.82. The van der Waals surface area contributed by atoms with Crippen molar-refractivity contribution in [2.75, 3.05) is 0 Å². The predicted molar refractivity (Wildman–Crippen MR) is 82.0 cm³/mol. The van der Waals surface area contributed by atoms with E-state index in [1.165, 1.54) is 38.5 Å². The molecule has 120 valence electrons. The Morgan fingerprint density at radius 1 is 0.952 bits per heavy atom. The van der Waals surface area contributed by atoms with E-state index in [0.717, 1.165) is 32.1 Å². The van der Waals surface area contributed by atoms with Gasteiger partial charge in [0.25, 0.3) is 0 Å². The molecule has 2 rings (SSSR count). The van der Waals surface area contributed by atoms with Gasteiger partial charge in [-0.2, -0.15) is 0 Å². The summed E-state index contributed by atoms with van der Waals surface area (Å²) in [6, 6.07) is -0.677. The zero-order valence-corrected chi connectivity index (χ0v) is 13.0. The largest absolute Gasteiger partial charge is 0.480 e. The quantitative estimate of drug-likeness (QED) is 0.788. The van der Waals surface area contributed by atoms with Crippen molar-refractivity contribution < 1.29 is 14.7 Å². The number of hydrogen-bond acceptors (Lipinski definition) is 2. The summed E-state index contributed by atoms with van der Waals surface area (Å²) in [5, 5.41) is 12.2. The SMILES string of the molecule is O=C(CCC1CCCCC1)NC(C(=O)O)C1CCCCC1. The van der Waals surface area contributed by atoms with Crippen molar-refractivity contribution in [3.8, 4) is 0 Å². The summed E-state index contributed by atoms with van der Waals surface area (Å²) in [7, 11) is 0. The molecule has 2 aliphatic rings. The van der Waals surface area contributed by atoms with E-state index in [1.54, 1.807) is 0 Å². The Hall–Kier alpha value is -1.06. The van der Waals surface area contributed by atoms with E-state index in [9.17, 15) is 14.7 Å². The van der Waals surface area contributed by atoms with Gasteiger partial charge in [-0.3, -0.25) is 4.79 Å². The molecule has 4 nitrogen and oxygen atoms in total. The molecule has 21 heavy (non-hydrogen) atoms. The summed E-state index contributed by atoms with van der Waals surface area (Å²) in [5.41, 5.74) is 0. The van der Waals surface area contributed by atoms with Crippen molar-refractivity contribution in [2.45, 2.75) is 83.1 Å². The highest BCUT2D eigenvalue weighted by Gasteiger charge is 2.30. The van der Waals surface area contributed by atoms with Gasteiger partial charge in [0.1, 0.15) is 6.04 Å². The minimum absolute atomic E-state index is 0.0708. The molecule has 1 amide bonds. The minimum atomic E-state index is -0.868. The third kappa shape index (κ3) is 5.33. The maximum Gasteiger partial charge on any atom is 0.326 e. The molecule has 0 aliphatic heterocycles. The van der Waals surface area contributed by atoms with Gasteiger partial charge >= 0.3 is 5.97 Å². The number of amides is 1. The Bertz CT molecular complexity index is 344. The van der Waals surface area contributed by atoms with E-state index in [0.29, 0.717) is 12.3 Å². The lowest BCUT2D eigenvalue weighted by Gasteiger charge is -2.28. The van der Waals surface area contributed by atoms with Crippen LogP contribution in [0.4, 0.5) is 0 Å². The van der Waals surface area contributed by atoms with E-state index in [-0.39, 0.29) is 11.8 Å². The third-order valence-electron chi connectivity index (χ3n) is 5.21. The van der Waals surface area contributed by atoms with Crippen molar-refractivity contribution >= 4 is 11.9 Å². The highest BCUT2D eigenvalue weighted by Crippen LogP contribution is 2.28. The van der Waals surface area contributed by atoms with Crippen LogP contribution in [0.3, 0.4) is 0 Å². The summed E-state index contributed by atoms with van der Waals surface area (Å²) in [6.45, 7) is 0. The molecule has 2 saturated carbocycles. The van der Waals surface area contributed by atoms with Crippen molar-refractivity contribution in [3.63, 3.8) is 0 Å². The molecule has 0 aromatic carbocycles. The molecule has 0 radical (unpaired) electrons. The van der Waals surface area contributed by atoms with Crippen LogP contribution >= 0.6 is 0 Å². The second-order valence-corrected chi connectivity index (χ2v) is 6.82. The maximum atomic E-state index is 12.1. The lowest BCUT2D eigenvalue weighted by atomic mass is 9.83. The summed E-state index contributed by atoms with van der Waals surface area (Å²) < 4.78 is 0. The van der Waals surface area contributed by atoms with Crippen LogP contribution < -0.4 is 5.32 Å². The third-order valence-corrected chi connectivity index (χ3v) is 5.21. The summed E-state index contributed by atoms with van der Waals surface area (Å²) in [6.07, 6.45) is 13.0. The lowest BCUT2D eigenvalue weighted by molar-refractivity contribution is -0.143. The van der Waals surface area contributed by atoms with E-state index < -0.39 is 12.0 Å². The first-order chi connectivity index (χ1) is 10.2. The van der Waals surface area contributed by atoms with Gasteiger partial charge < -0.3 is 10.4 Å². The molecule has 0 heterocycles. The van der Waals surface area contributed by atoms with E-state index in [4.69, 9.17) is 0 Å². The van der Waals surface area contributed by atoms with E-state index >= 15 is 0 Å². The van der Waals surface area contributed by atoms with Gasteiger partial charge in [-0.25, -0.2) is 4.79 Å². The van der Waals surface area contributed by atoms with Crippen molar-refractivity contribution in [1.82, 2.24) is 5.32 Å². The van der Waals surface area contributed by atoms with Gasteiger partial charge in [0.2, 0.25) is 5.91 Å². The second kappa shape index (κ2) is 8.40. The Kier molecular flexibility index (Phi) is 6.52. The predicted octanol–water partition coefficient (Wildman–Crippen LogP) is 3.50. The highest BCUT2D eigenvalue weighted by atomic mass is 16.4. The van der Waals surface area contributed by atoms with Crippen LogP contribution in [0.25, 0.3) is 0 Å². The molecular weight excluding hydrogens is 266 g/mol. The lowest BCUT2D eigenvalue weighted by Crippen LogP contribution is -2.46. The van der Waals surface area contributed by atoms with Crippen molar-refractivity contribution in [2.24, 2.45) is 11.8 Å². The molecule has 0 aromatic rings. The number of rotatable bonds is 6. The Balaban J connectivity index is 1.76. The Morgan fingerprint density at radius 3 is 2.10 bits per heavy atom. The monoisotopic (exact) mass is 295 g/mol.